The third-order valence-corrected chi connectivity index (χ3v) is 5.09. The minimum atomic E-state index is 0.770. The molecule has 3 nitrogen and oxygen atoms in total. The van der Waals surface area contributed by atoms with Gasteiger partial charge in [0.05, 0.1) is 0 Å². The summed E-state index contributed by atoms with van der Waals surface area (Å²) in [5.74, 6) is 0. The highest BCUT2D eigenvalue weighted by atomic mass is 32.1. The monoisotopic (exact) mass is 281 g/mol. The average molecular weight is 281 g/mol. The van der Waals surface area contributed by atoms with Crippen molar-refractivity contribution in [3.8, 4) is 0 Å². The standard InChI is InChI=1S/C15H27N3S/c1-4-18(5-2)13-8-9-17(11-13)12-15-7-6-14(19-15)10-16-3/h6-7,13,16H,4-5,8-12H2,1-3H3. The molecule has 0 bridgehead atoms. The first kappa shape index (κ1) is 15.0. The first-order valence-electron chi connectivity index (χ1n) is 7.45. The van der Waals surface area contributed by atoms with E-state index in [9.17, 15) is 0 Å². The number of hydrogen-bond acceptors (Lipinski definition) is 4. The van der Waals surface area contributed by atoms with Crippen LogP contribution in [0.25, 0.3) is 0 Å². The molecule has 0 amide bonds. The van der Waals surface area contributed by atoms with E-state index in [4.69, 9.17) is 0 Å². The quantitative estimate of drug-likeness (QED) is 0.828. The number of nitrogens with one attached hydrogen (secondary N) is 1. The van der Waals surface area contributed by atoms with Gasteiger partial charge in [-0.2, -0.15) is 0 Å². The lowest BCUT2D eigenvalue weighted by Crippen LogP contribution is -2.37. The second-order valence-electron chi connectivity index (χ2n) is 5.30. The molecular weight excluding hydrogens is 254 g/mol. The molecule has 1 aromatic rings. The van der Waals surface area contributed by atoms with Gasteiger partial charge >= 0.3 is 0 Å². The maximum Gasteiger partial charge on any atom is 0.0328 e. The molecular formula is C15H27N3S. The molecule has 1 atom stereocenters. The van der Waals surface area contributed by atoms with E-state index < -0.39 is 0 Å². The van der Waals surface area contributed by atoms with Gasteiger partial charge < -0.3 is 5.32 Å². The van der Waals surface area contributed by atoms with Gasteiger partial charge in [0.1, 0.15) is 0 Å². The van der Waals surface area contributed by atoms with Crippen LogP contribution in [0.2, 0.25) is 0 Å². The zero-order valence-corrected chi connectivity index (χ0v) is 13.3. The minimum Gasteiger partial charge on any atom is -0.315 e. The van der Waals surface area contributed by atoms with Crippen LogP contribution in [0.3, 0.4) is 0 Å². The van der Waals surface area contributed by atoms with Crippen LogP contribution in [0.1, 0.15) is 30.0 Å². The molecule has 0 saturated carbocycles. The average Bonchev–Trinajstić information content (AvgIpc) is 3.02. The molecule has 1 N–H and O–H groups in total. The van der Waals surface area contributed by atoms with E-state index in [2.05, 4.69) is 41.1 Å². The molecule has 4 heteroatoms. The van der Waals surface area contributed by atoms with Crippen molar-refractivity contribution in [1.82, 2.24) is 15.1 Å². The molecule has 1 aromatic heterocycles. The fourth-order valence-corrected chi connectivity index (χ4v) is 4.06. The van der Waals surface area contributed by atoms with Gasteiger partial charge in [-0.25, -0.2) is 0 Å². The first-order chi connectivity index (χ1) is 9.26. The maximum atomic E-state index is 3.22. The zero-order chi connectivity index (χ0) is 13.7. The highest BCUT2D eigenvalue weighted by Crippen LogP contribution is 2.22. The van der Waals surface area contributed by atoms with E-state index in [0.29, 0.717) is 0 Å². The summed E-state index contributed by atoms with van der Waals surface area (Å²) in [6, 6.07) is 5.32. The third-order valence-electron chi connectivity index (χ3n) is 4.02. The fraction of sp³-hybridized carbons (Fsp3) is 0.733. The molecule has 0 aromatic carbocycles. The first-order valence-corrected chi connectivity index (χ1v) is 8.27. The number of thiophene rings is 1. The van der Waals surface area contributed by atoms with Crippen LogP contribution in [0.5, 0.6) is 0 Å². The number of rotatable bonds is 7. The second-order valence-corrected chi connectivity index (χ2v) is 6.55. The molecule has 1 aliphatic rings. The van der Waals surface area contributed by atoms with Crippen LogP contribution in [0, 0.1) is 0 Å². The van der Waals surface area contributed by atoms with Crippen molar-refractivity contribution >= 4 is 11.3 Å². The summed E-state index contributed by atoms with van der Waals surface area (Å²) in [5.41, 5.74) is 0. The predicted molar refractivity (Wildman–Crippen MR) is 83.7 cm³/mol. The summed E-state index contributed by atoms with van der Waals surface area (Å²) in [6.07, 6.45) is 1.33. The molecule has 0 radical (unpaired) electrons. The van der Waals surface area contributed by atoms with Crippen molar-refractivity contribution in [2.24, 2.45) is 0 Å². The third kappa shape index (κ3) is 4.02. The number of likely N-dealkylation sites (tertiary alicyclic amines) is 1. The van der Waals surface area contributed by atoms with Crippen LogP contribution in [0.15, 0.2) is 12.1 Å². The van der Waals surface area contributed by atoms with Crippen LogP contribution in [-0.4, -0.2) is 49.1 Å². The van der Waals surface area contributed by atoms with Gasteiger partial charge in [-0.3, -0.25) is 9.80 Å². The zero-order valence-electron chi connectivity index (χ0n) is 12.5. The van der Waals surface area contributed by atoms with Crippen molar-refractivity contribution in [3.05, 3.63) is 21.9 Å². The van der Waals surface area contributed by atoms with Gasteiger partial charge in [0, 0.05) is 42.0 Å². The van der Waals surface area contributed by atoms with Gasteiger partial charge in [-0.05, 0) is 38.7 Å². The summed E-state index contributed by atoms with van der Waals surface area (Å²) >= 11 is 1.95. The molecule has 108 valence electrons. The van der Waals surface area contributed by atoms with Crippen LogP contribution in [0.4, 0.5) is 0 Å². The topological polar surface area (TPSA) is 18.5 Å². The van der Waals surface area contributed by atoms with E-state index in [1.54, 1.807) is 0 Å². The smallest absolute Gasteiger partial charge is 0.0328 e. The van der Waals surface area contributed by atoms with Crippen LogP contribution >= 0.6 is 11.3 Å². The van der Waals surface area contributed by atoms with Gasteiger partial charge in [-0.15, -0.1) is 11.3 Å². The number of hydrogen-bond donors (Lipinski definition) is 1. The Morgan fingerprint density at radius 2 is 2.05 bits per heavy atom. The highest BCUT2D eigenvalue weighted by Gasteiger charge is 2.26. The summed E-state index contributed by atoms with van der Waals surface area (Å²) in [7, 11) is 2.01. The Morgan fingerprint density at radius 1 is 1.32 bits per heavy atom. The lowest BCUT2D eigenvalue weighted by molar-refractivity contribution is 0.209. The summed E-state index contributed by atoms with van der Waals surface area (Å²) in [5, 5.41) is 3.22. The lowest BCUT2D eigenvalue weighted by Gasteiger charge is -2.26. The van der Waals surface area contributed by atoms with Gasteiger partial charge in [0.25, 0.3) is 0 Å². The molecule has 19 heavy (non-hydrogen) atoms. The summed E-state index contributed by atoms with van der Waals surface area (Å²) in [4.78, 5) is 8.15. The van der Waals surface area contributed by atoms with E-state index >= 15 is 0 Å². The molecule has 1 fully saturated rings. The van der Waals surface area contributed by atoms with Crippen molar-refractivity contribution in [2.45, 2.75) is 39.4 Å². The van der Waals surface area contributed by atoms with Gasteiger partial charge in [0.2, 0.25) is 0 Å². The summed E-state index contributed by atoms with van der Waals surface area (Å²) < 4.78 is 0. The Bertz CT molecular complexity index is 373. The molecule has 0 aliphatic carbocycles. The highest BCUT2D eigenvalue weighted by molar-refractivity contribution is 7.11. The molecule has 2 rings (SSSR count). The van der Waals surface area contributed by atoms with Crippen molar-refractivity contribution in [1.29, 1.82) is 0 Å². The van der Waals surface area contributed by atoms with E-state index in [1.165, 1.54) is 42.4 Å². The Balaban J connectivity index is 1.83. The Morgan fingerprint density at radius 3 is 2.74 bits per heavy atom. The SMILES string of the molecule is CCN(CC)C1CCN(Cc2ccc(CNC)s2)C1. The Hall–Kier alpha value is -0.420. The number of nitrogens with zero attached hydrogens (tertiary/aromatic N) is 2. The summed E-state index contributed by atoms with van der Waals surface area (Å²) in [6.45, 7) is 11.5. The molecule has 1 saturated heterocycles. The van der Waals surface area contributed by atoms with Gasteiger partial charge in [0.15, 0.2) is 0 Å². The van der Waals surface area contributed by atoms with Crippen molar-refractivity contribution < 1.29 is 0 Å². The predicted octanol–water partition coefficient (Wildman–Crippen LogP) is 2.38. The number of likely N-dealkylation sites (N-methyl/N-ethyl adjacent to an activating group) is 1. The van der Waals surface area contributed by atoms with Crippen molar-refractivity contribution in [2.75, 3.05) is 33.2 Å². The van der Waals surface area contributed by atoms with Crippen LogP contribution < -0.4 is 5.32 Å². The molecule has 0 spiro atoms. The second kappa shape index (κ2) is 7.39. The van der Waals surface area contributed by atoms with E-state index in [-0.39, 0.29) is 0 Å². The lowest BCUT2D eigenvalue weighted by atomic mass is 10.2. The Kier molecular flexibility index (Phi) is 5.82. The van der Waals surface area contributed by atoms with Crippen molar-refractivity contribution in [3.63, 3.8) is 0 Å². The fourth-order valence-electron chi connectivity index (χ4n) is 2.99. The van der Waals surface area contributed by atoms with E-state index in [1.807, 2.05) is 18.4 Å². The minimum absolute atomic E-state index is 0.770. The molecule has 1 aliphatic heterocycles. The molecule has 2 heterocycles. The Labute approximate surface area is 121 Å². The van der Waals surface area contributed by atoms with Gasteiger partial charge in [-0.1, -0.05) is 13.8 Å². The maximum absolute atomic E-state index is 3.22. The largest absolute Gasteiger partial charge is 0.315 e. The molecule has 1 unspecified atom stereocenters. The normalized spacial score (nSPS) is 20.5. The van der Waals surface area contributed by atoms with Crippen LogP contribution in [-0.2, 0) is 13.1 Å². The van der Waals surface area contributed by atoms with E-state index in [0.717, 1.165) is 19.1 Å².